The van der Waals surface area contributed by atoms with Crippen LogP contribution < -0.4 is 5.32 Å². The second-order valence-corrected chi connectivity index (χ2v) is 7.66. The van der Waals surface area contributed by atoms with E-state index < -0.39 is 11.7 Å². The van der Waals surface area contributed by atoms with Gasteiger partial charge in [-0.1, -0.05) is 23.7 Å². The normalized spacial score (nSPS) is 16.8. The number of amides is 1. The lowest BCUT2D eigenvalue weighted by atomic mass is 10.1. The number of carbonyl (C=O) groups is 1. The topological polar surface area (TPSA) is 78.3 Å². The molecule has 1 amide bonds. The van der Waals surface area contributed by atoms with Gasteiger partial charge in [-0.3, -0.25) is 9.78 Å². The van der Waals surface area contributed by atoms with Crippen molar-refractivity contribution in [2.45, 2.75) is 32.1 Å². The number of halogens is 2. The molecule has 3 heterocycles. The number of ether oxygens (including phenoxy) is 2. The van der Waals surface area contributed by atoms with E-state index in [0.29, 0.717) is 33.9 Å². The lowest BCUT2D eigenvalue weighted by molar-refractivity contribution is -0.111. The van der Waals surface area contributed by atoms with Crippen molar-refractivity contribution >= 4 is 40.2 Å². The molecule has 4 rings (SSSR count). The van der Waals surface area contributed by atoms with Crippen molar-refractivity contribution in [3.8, 4) is 0 Å². The summed E-state index contributed by atoms with van der Waals surface area (Å²) in [5, 5.41) is 8.10. The first-order valence-corrected chi connectivity index (χ1v) is 10.3. The average Bonchev–Trinajstić information content (AvgIpc) is 3.21. The molecule has 1 aromatic carbocycles. The van der Waals surface area contributed by atoms with Crippen LogP contribution in [0, 0.1) is 5.82 Å². The highest BCUT2D eigenvalue weighted by atomic mass is 35.5. The first-order valence-electron chi connectivity index (χ1n) is 9.96. The Morgan fingerprint density at radius 3 is 3.06 bits per heavy atom. The Kier molecular flexibility index (Phi) is 6.60. The number of anilines is 1. The summed E-state index contributed by atoms with van der Waals surface area (Å²) in [5.41, 5.74) is 1.63. The van der Waals surface area contributed by atoms with Crippen LogP contribution in [0.2, 0.25) is 5.02 Å². The number of rotatable bonds is 6. The van der Waals surface area contributed by atoms with Gasteiger partial charge < -0.3 is 14.8 Å². The zero-order valence-corrected chi connectivity index (χ0v) is 17.7. The Morgan fingerprint density at radius 2 is 2.29 bits per heavy atom. The SMILES string of the molecule is COCc1ncc(Cl)cc1NC(=O)/C=C/c1ccc2cnn(C3CCCCO3)c2c1F. The molecule has 1 saturated heterocycles. The predicted octanol–water partition coefficient (Wildman–Crippen LogP) is 4.72. The Bertz CT molecular complexity index is 1130. The highest BCUT2D eigenvalue weighted by Crippen LogP contribution is 2.29. The van der Waals surface area contributed by atoms with Crippen LogP contribution in [0.5, 0.6) is 0 Å². The number of nitrogens with zero attached hydrogens (tertiary/aromatic N) is 3. The zero-order chi connectivity index (χ0) is 21.8. The first-order chi connectivity index (χ1) is 15.1. The zero-order valence-electron chi connectivity index (χ0n) is 17.0. The molecular formula is C22H22ClFN4O3. The number of pyridine rings is 1. The third-order valence-electron chi connectivity index (χ3n) is 5.05. The maximum atomic E-state index is 15.3. The number of hydrogen-bond acceptors (Lipinski definition) is 5. The standard InChI is InChI=1S/C22H22ClFN4O3/c1-30-13-18-17(10-16(23)12-25-18)27-19(29)8-7-14-5-6-15-11-26-28(22(15)21(14)24)20-4-2-3-9-31-20/h5-8,10-12,20H,2-4,9,13H2,1H3,(H,27,29)/b8-7+. The molecule has 31 heavy (non-hydrogen) atoms. The molecule has 1 aliphatic heterocycles. The first kappa shape index (κ1) is 21.4. The summed E-state index contributed by atoms with van der Waals surface area (Å²) in [6.45, 7) is 0.853. The summed E-state index contributed by atoms with van der Waals surface area (Å²) in [7, 11) is 1.53. The summed E-state index contributed by atoms with van der Waals surface area (Å²) in [6.07, 6.45) is 8.31. The van der Waals surface area contributed by atoms with Crippen LogP contribution in [-0.2, 0) is 20.9 Å². The Balaban J connectivity index is 1.56. The molecule has 0 aliphatic carbocycles. The van der Waals surface area contributed by atoms with Gasteiger partial charge in [0.1, 0.15) is 5.52 Å². The van der Waals surface area contributed by atoms with E-state index in [1.54, 1.807) is 29.1 Å². The summed E-state index contributed by atoms with van der Waals surface area (Å²) < 4.78 is 27.7. The lowest BCUT2D eigenvalue weighted by Gasteiger charge is -2.23. The largest absolute Gasteiger partial charge is 0.378 e. The fourth-order valence-electron chi connectivity index (χ4n) is 3.55. The van der Waals surface area contributed by atoms with Crippen molar-refractivity contribution in [3.05, 3.63) is 58.8 Å². The summed E-state index contributed by atoms with van der Waals surface area (Å²) in [6, 6.07) is 4.98. The van der Waals surface area contributed by atoms with Crippen LogP contribution in [0.1, 0.15) is 36.7 Å². The summed E-state index contributed by atoms with van der Waals surface area (Å²) >= 11 is 5.98. The molecule has 1 N–H and O–H groups in total. The second-order valence-electron chi connectivity index (χ2n) is 7.22. The molecule has 0 bridgehead atoms. The van der Waals surface area contributed by atoms with E-state index >= 15 is 4.39 Å². The van der Waals surface area contributed by atoms with Crippen LogP contribution in [0.4, 0.5) is 10.1 Å². The number of aromatic nitrogens is 3. The molecule has 3 aromatic rings. The molecule has 0 spiro atoms. The number of nitrogens with one attached hydrogen (secondary N) is 1. The number of hydrogen-bond donors (Lipinski definition) is 1. The van der Waals surface area contributed by atoms with Gasteiger partial charge in [0, 0.05) is 36.9 Å². The molecule has 1 aliphatic rings. The van der Waals surface area contributed by atoms with E-state index in [0.717, 1.165) is 19.3 Å². The molecule has 1 fully saturated rings. The third kappa shape index (κ3) is 4.76. The smallest absolute Gasteiger partial charge is 0.248 e. The van der Waals surface area contributed by atoms with Gasteiger partial charge in [0.2, 0.25) is 5.91 Å². The molecular weight excluding hydrogens is 423 g/mol. The number of methoxy groups -OCH3 is 1. The molecule has 7 nitrogen and oxygen atoms in total. The van der Waals surface area contributed by atoms with Crippen LogP contribution >= 0.6 is 11.6 Å². The minimum atomic E-state index is -0.447. The lowest BCUT2D eigenvalue weighted by Crippen LogP contribution is -2.19. The van der Waals surface area contributed by atoms with E-state index in [1.165, 1.54) is 25.5 Å². The Labute approximate surface area is 183 Å². The van der Waals surface area contributed by atoms with Gasteiger partial charge >= 0.3 is 0 Å². The van der Waals surface area contributed by atoms with Gasteiger partial charge in [-0.25, -0.2) is 9.07 Å². The molecule has 1 unspecified atom stereocenters. The summed E-state index contributed by atoms with van der Waals surface area (Å²) in [5.74, 6) is -0.886. The van der Waals surface area contributed by atoms with Crippen molar-refractivity contribution in [1.29, 1.82) is 0 Å². The van der Waals surface area contributed by atoms with Crippen molar-refractivity contribution < 1.29 is 18.7 Å². The van der Waals surface area contributed by atoms with E-state index in [9.17, 15) is 4.79 Å². The van der Waals surface area contributed by atoms with E-state index in [2.05, 4.69) is 15.4 Å². The van der Waals surface area contributed by atoms with Gasteiger partial charge in [-0.05, 0) is 31.4 Å². The summed E-state index contributed by atoms with van der Waals surface area (Å²) in [4.78, 5) is 16.6. The van der Waals surface area contributed by atoms with Gasteiger partial charge in [-0.15, -0.1) is 0 Å². The van der Waals surface area contributed by atoms with E-state index in [4.69, 9.17) is 21.1 Å². The van der Waals surface area contributed by atoms with Crippen LogP contribution in [-0.4, -0.2) is 34.4 Å². The molecule has 0 saturated carbocycles. The van der Waals surface area contributed by atoms with Gasteiger partial charge in [0.05, 0.1) is 29.2 Å². The quantitative estimate of drug-likeness (QED) is 0.556. The monoisotopic (exact) mass is 444 g/mol. The van der Waals surface area contributed by atoms with Crippen LogP contribution in [0.25, 0.3) is 17.0 Å². The van der Waals surface area contributed by atoms with Crippen molar-refractivity contribution in [1.82, 2.24) is 14.8 Å². The van der Waals surface area contributed by atoms with Gasteiger partial charge in [0.25, 0.3) is 0 Å². The van der Waals surface area contributed by atoms with E-state index in [-0.39, 0.29) is 18.4 Å². The van der Waals surface area contributed by atoms with Crippen molar-refractivity contribution in [3.63, 3.8) is 0 Å². The molecule has 1 atom stereocenters. The molecule has 0 radical (unpaired) electrons. The van der Waals surface area contributed by atoms with Gasteiger partial charge in [0.15, 0.2) is 12.0 Å². The molecule has 162 valence electrons. The molecule has 2 aromatic heterocycles. The van der Waals surface area contributed by atoms with Crippen LogP contribution in [0.15, 0.2) is 36.7 Å². The highest BCUT2D eigenvalue weighted by molar-refractivity contribution is 6.30. The minimum Gasteiger partial charge on any atom is -0.378 e. The maximum absolute atomic E-state index is 15.3. The number of benzene rings is 1. The maximum Gasteiger partial charge on any atom is 0.248 e. The highest BCUT2D eigenvalue weighted by Gasteiger charge is 2.21. The fraction of sp³-hybridized carbons (Fsp3) is 0.318. The average molecular weight is 445 g/mol. The Morgan fingerprint density at radius 1 is 1.42 bits per heavy atom. The number of carbonyl (C=O) groups excluding carboxylic acids is 1. The van der Waals surface area contributed by atoms with Crippen LogP contribution in [0.3, 0.4) is 0 Å². The Hall–Kier alpha value is -2.81. The van der Waals surface area contributed by atoms with Crippen molar-refractivity contribution in [2.24, 2.45) is 0 Å². The predicted molar refractivity (Wildman–Crippen MR) is 116 cm³/mol. The van der Waals surface area contributed by atoms with Crippen molar-refractivity contribution in [2.75, 3.05) is 19.0 Å². The second kappa shape index (κ2) is 9.55. The third-order valence-corrected chi connectivity index (χ3v) is 5.25. The van der Waals surface area contributed by atoms with E-state index in [1.807, 2.05) is 0 Å². The van der Waals surface area contributed by atoms with Gasteiger partial charge in [-0.2, -0.15) is 5.10 Å². The molecule has 9 heteroatoms. The fourth-order valence-corrected chi connectivity index (χ4v) is 3.70. The number of fused-ring (bicyclic) bond motifs is 1. The minimum absolute atomic E-state index is 0.217.